The lowest BCUT2D eigenvalue weighted by molar-refractivity contribution is -0.122. The van der Waals surface area contributed by atoms with Gasteiger partial charge in [0.15, 0.2) is 0 Å². The summed E-state index contributed by atoms with van der Waals surface area (Å²) in [5.74, 6) is 0.163. The molecule has 2 aromatic carbocycles. The van der Waals surface area contributed by atoms with E-state index in [0.29, 0.717) is 17.0 Å². The highest BCUT2D eigenvalue weighted by Crippen LogP contribution is 2.21. The van der Waals surface area contributed by atoms with E-state index in [9.17, 15) is 13.2 Å². The summed E-state index contributed by atoms with van der Waals surface area (Å²) >= 11 is 0. The normalized spacial score (nSPS) is 12.2. The largest absolute Gasteiger partial charge is 0.496 e. The number of pyridine rings is 1. The van der Waals surface area contributed by atoms with E-state index >= 15 is 0 Å². The molecule has 1 amide bonds. The molecule has 31 heavy (non-hydrogen) atoms. The first-order valence-corrected chi connectivity index (χ1v) is 11.3. The Kier molecular flexibility index (Phi) is 7.38. The lowest BCUT2D eigenvalue weighted by Gasteiger charge is -2.19. The number of nitrogens with one attached hydrogen (secondary N) is 2. The SMILES string of the molecule is COc1ccc(S(=O)(=O)N[C@@H](Cc2ccccc2)C(=O)NCc2ccccn2)cc1C. The molecule has 8 heteroatoms. The molecule has 7 nitrogen and oxygen atoms in total. The predicted octanol–water partition coefficient (Wildman–Crippen LogP) is 2.60. The first-order chi connectivity index (χ1) is 14.9. The molecule has 0 aliphatic carbocycles. The van der Waals surface area contributed by atoms with Crippen LogP contribution in [0.1, 0.15) is 16.8 Å². The van der Waals surface area contributed by atoms with Crippen molar-refractivity contribution in [2.24, 2.45) is 0 Å². The van der Waals surface area contributed by atoms with Gasteiger partial charge in [0.2, 0.25) is 15.9 Å². The summed E-state index contributed by atoms with van der Waals surface area (Å²) < 4.78 is 33.8. The second kappa shape index (κ2) is 10.2. The molecule has 0 saturated carbocycles. The standard InChI is InChI=1S/C23H25N3O4S/c1-17-14-20(11-12-22(17)30-2)31(28,29)26-21(15-18-8-4-3-5-9-18)23(27)25-16-19-10-6-7-13-24-19/h3-14,21,26H,15-16H2,1-2H3,(H,25,27)/t21-/m0/s1. The monoisotopic (exact) mass is 439 g/mol. The van der Waals surface area contributed by atoms with Crippen LogP contribution in [0, 0.1) is 6.92 Å². The molecule has 1 aromatic heterocycles. The van der Waals surface area contributed by atoms with Crippen LogP contribution in [-0.4, -0.2) is 32.5 Å². The molecule has 0 radical (unpaired) electrons. The third-order valence-corrected chi connectivity index (χ3v) is 6.21. The maximum atomic E-state index is 13.0. The topological polar surface area (TPSA) is 97.4 Å². The molecule has 162 valence electrons. The van der Waals surface area contributed by atoms with Gasteiger partial charge in [0, 0.05) is 6.20 Å². The summed E-state index contributed by atoms with van der Waals surface area (Å²) in [5.41, 5.74) is 2.21. The number of amides is 1. The van der Waals surface area contributed by atoms with Crippen LogP contribution < -0.4 is 14.8 Å². The second-order valence-electron chi connectivity index (χ2n) is 7.03. The zero-order valence-corrected chi connectivity index (χ0v) is 18.2. The fourth-order valence-electron chi connectivity index (χ4n) is 3.11. The summed E-state index contributed by atoms with van der Waals surface area (Å²) in [6, 6.07) is 18.2. The van der Waals surface area contributed by atoms with Crippen molar-refractivity contribution in [3.05, 3.63) is 89.7 Å². The minimum atomic E-state index is -3.94. The summed E-state index contributed by atoms with van der Waals surface area (Å²) in [7, 11) is -2.41. The van der Waals surface area contributed by atoms with Crippen molar-refractivity contribution in [2.75, 3.05) is 7.11 Å². The van der Waals surface area contributed by atoms with Gasteiger partial charge >= 0.3 is 0 Å². The quantitative estimate of drug-likeness (QED) is 0.534. The Morgan fingerprint density at radius 3 is 2.45 bits per heavy atom. The molecule has 0 unspecified atom stereocenters. The number of ether oxygens (including phenoxy) is 1. The van der Waals surface area contributed by atoms with Gasteiger partial charge in [0.1, 0.15) is 11.8 Å². The van der Waals surface area contributed by atoms with E-state index in [1.54, 1.807) is 31.3 Å². The third kappa shape index (κ3) is 6.13. The zero-order valence-electron chi connectivity index (χ0n) is 17.4. The number of benzene rings is 2. The molecule has 0 bridgehead atoms. The van der Waals surface area contributed by atoms with Crippen molar-refractivity contribution in [3.8, 4) is 5.75 Å². The highest BCUT2D eigenvalue weighted by Gasteiger charge is 2.26. The van der Waals surface area contributed by atoms with Crippen LogP contribution in [0.25, 0.3) is 0 Å². The summed E-state index contributed by atoms with van der Waals surface area (Å²) in [4.78, 5) is 17.2. The fraction of sp³-hybridized carbons (Fsp3) is 0.217. The highest BCUT2D eigenvalue weighted by molar-refractivity contribution is 7.89. The molecule has 3 rings (SSSR count). The minimum Gasteiger partial charge on any atom is -0.496 e. The average Bonchev–Trinajstić information content (AvgIpc) is 2.78. The Morgan fingerprint density at radius 1 is 1.06 bits per heavy atom. The second-order valence-corrected chi connectivity index (χ2v) is 8.75. The molecule has 0 fully saturated rings. The molecular formula is C23H25N3O4S. The number of sulfonamides is 1. The molecular weight excluding hydrogens is 414 g/mol. The summed E-state index contributed by atoms with van der Waals surface area (Å²) in [6.45, 7) is 1.97. The number of hydrogen-bond acceptors (Lipinski definition) is 5. The Balaban J connectivity index is 1.81. The Hall–Kier alpha value is -3.23. The fourth-order valence-corrected chi connectivity index (χ4v) is 4.39. The maximum Gasteiger partial charge on any atom is 0.241 e. The number of nitrogens with zero attached hydrogens (tertiary/aromatic N) is 1. The van der Waals surface area contributed by atoms with Gasteiger partial charge < -0.3 is 10.1 Å². The first kappa shape index (κ1) is 22.5. The average molecular weight is 440 g/mol. The van der Waals surface area contributed by atoms with Gasteiger partial charge in [0.05, 0.1) is 24.2 Å². The molecule has 0 aliphatic rings. The lowest BCUT2D eigenvalue weighted by Crippen LogP contribution is -2.47. The van der Waals surface area contributed by atoms with Crippen LogP contribution in [0.3, 0.4) is 0 Å². The molecule has 2 N–H and O–H groups in total. The number of carbonyl (C=O) groups is 1. The van der Waals surface area contributed by atoms with Gasteiger partial charge in [-0.2, -0.15) is 4.72 Å². The van der Waals surface area contributed by atoms with Gasteiger partial charge in [-0.1, -0.05) is 36.4 Å². The Morgan fingerprint density at radius 2 is 1.81 bits per heavy atom. The van der Waals surface area contributed by atoms with Crippen molar-refractivity contribution in [1.29, 1.82) is 0 Å². The van der Waals surface area contributed by atoms with Gasteiger partial charge in [-0.25, -0.2) is 8.42 Å². The van der Waals surface area contributed by atoms with Crippen molar-refractivity contribution in [2.45, 2.75) is 30.8 Å². The lowest BCUT2D eigenvalue weighted by atomic mass is 10.1. The number of hydrogen-bond donors (Lipinski definition) is 2. The van der Waals surface area contributed by atoms with E-state index in [4.69, 9.17) is 4.74 Å². The van der Waals surface area contributed by atoms with Crippen LogP contribution in [0.15, 0.2) is 77.8 Å². The number of rotatable bonds is 9. The molecule has 0 saturated heterocycles. The summed E-state index contributed by atoms with van der Waals surface area (Å²) in [6.07, 6.45) is 1.85. The highest BCUT2D eigenvalue weighted by atomic mass is 32.2. The molecule has 0 aliphatic heterocycles. The number of carbonyl (C=O) groups excluding carboxylic acids is 1. The van der Waals surface area contributed by atoms with Crippen molar-refractivity contribution >= 4 is 15.9 Å². The third-order valence-electron chi connectivity index (χ3n) is 4.74. The maximum absolute atomic E-state index is 13.0. The first-order valence-electron chi connectivity index (χ1n) is 9.77. The zero-order chi connectivity index (χ0) is 22.3. The van der Waals surface area contributed by atoms with E-state index in [0.717, 1.165) is 5.56 Å². The van der Waals surface area contributed by atoms with Crippen LogP contribution >= 0.6 is 0 Å². The van der Waals surface area contributed by atoms with Gasteiger partial charge in [-0.05, 0) is 54.8 Å². The smallest absolute Gasteiger partial charge is 0.241 e. The van der Waals surface area contributed by atoms with Crippen molar-refractivity contribution in [3.63, 3.8) is 0 Å². The van der Waals surface area contributed by atoms with Gasteiger partial charge in [0.25, 0.3) is 0 Å². The molecule has 1 atom stereocenters. The van der Waals surface area contributed by atoms with Crippen molar-refractivity contribution < 1.29 is 17.9 Å². The van der Waals surface area contributed by atoms with Crippen LogP contribution in [-0.2, 0) is 27.8 Å². The van der Waals surface area contributed by atoms with Crippen molar-refractivity contribution in [1.82, 2.24) is 15.0 Å². The van der Waals surface area contributed by atoms with Crippen LogP contribution in [0.4, 0.5) is 0 Å². The van der Waals surface area contributed by atoms with E-state index < -0.39 is 22.0 Å². The van der Waals surface area contributed by atoms with Crippen LogP contribution in [0.5, 0.6) is 5.75 Å². The Labute approximate surface area is 182 Å². The van der Waals surface area contributed by atoms with Gasteiger partial charge in [-0.15, -0.1) is 0 Å². The molecule has 0 spiro atoms. The molecule has 1 heterocycles. The molecule has 3 aromatic rings. The van der Waals surface area contributed by atoms with E-state index in [1.165, 1.54) is 19.2 Å². The Bertz CT molecular complexity index is 1120. The van der Waals surface area contributed by atoms with Crippen LogP contribution in [0.2, 0.25) is 0 Å². The van der Waals surface area contributed by atoms with E-state index in [2.05, 4.69) is 15.0 Å². The van der Waals surface area contributed by atoms with E-state index in [1.807, 2.05) is 36.4 Å². The van der Waals surface area contributed by atoms with E-state index in [-0.39, 0.29) is 17.9 Å². The van der Waals surface area contributed by atoms with Gasteiger partial charge in [-0.3, -0.25) is 9.78 Å². The minimum absolute atomic E-state index is 0.0707. The predicted molar refractivity (Wildman–Crippen MR) is 118 cm³/mol. The number of methoxy groups -OCH3 is 1. The number of aryl methyl sites for hydroxylation is 1. The number of aromatic nitrogens is 1. The summed E-state index contributed by atoms with van der Waals surface area (Å²) in [5, 5.41) is 2.77.